The Labute approximate surface area is 98.8 Å². The molecule has 96 valence electrons. The number of hydrogen-bond donors (Lipinski definition) is 1. The zero-order valence-electron chi connectivity index (χ0n) is 9.68. The first-order valence-corrected chi connectivity index (χ1v) is 5.39. The highest BCUT2D eigenvalue weighted by Crippen LogP contribution is 2.14. The Balaban J connectivity index is 2.11. The van der Waals surface area contributed by atoms with Crippen molar-refractivity contribution in [2.24, 2.45) is 0 Å². The lowest BCUT2D eigenvalue weighted by atomic mass is 10.1. The number of benzene rings is 1. The van der Waals surface area contributed by atoms with Crippen LogP contribution in [0.25, 0.3) is 0 Å². The fraction of sp³-hybridized carbons (Fsp3) is 0.500. The van der Waals surface area contributed by atoms with Gasteiger partial charge in [-0.25, -0.2) is 0 Å². The van der Waals surface area contributed by atoms with Crippen molar-refractivity contribution in [3.05, 3.63) is 35.4 Å². The summed E-state index contributed by atoms with van der Waals surface area (Å²) in [4.78, 5) is 0. The minimum atomic E-state index is -4.24. The van der Waals surface area contributed by atoms with Crippen molar-refractivity contribution in [2.75, 3.05) is 19.8 Å². The van der Waals surface area contributed by atoms with E-state index in [4.69, 9.17) is 0 Å². The molecule has 0 aromatic heterocycles. The summed E-state index contributed by atoms with van der Waals surface area (Å²) >= 11 is 0. The van der Waals surface area contributed by atoms with E-state index in [9.17, 15) is 13.2 Å². The number of alkyl halides is 3. The van der Waals surface area contributed by atoms with Gasteiger partial charge in [0.1, 0.15) is 6.61 Å². The second-order valence-corrected chi connectivity index (χ2v) is 3.77. The van der Waals surface area contributed by atoms with E-state index in [1.807, 2.05) is 31.2 Å². The second kappa shape index (κ2) is 6.61. The molecule has 0 fully saturated rings. The van der Waals surface area contributed by atoms with Crippen LogP contribution in [0, 0.1) is 6.92 Å². The van der Waals surface area contributed by atoms with Crippen molar-refractivity contribution >= 4 is 0 Å². The number of rotatable bonds is 6. The van der Waals surface area contributed by atoms with Gasteiger partial charge in [-0.1, -0.05) is 24.3 Å². The summed E-state index contributed by atoms with van der Waals surface area (Å²) in [6, 6.07) is 7.87. The molecule has 0 atom stereocenters. The summed E-state index contributed by atoms with van der Waals surface area (Å²) in [6.07, 6.45) is -4.24. The van der Waals surface area contributed by atoms with Crippen molar-refractivity contribution in [3.8, 4) is 0 Å². The summed E-state index contributed by atoms with van der Waals surface area (Å²) in [5, 5.41) is 3.04. The van der Waals surface area contributed by atoms with Crippen LogP contribution in [0.3, 0.4) is 0 Å². The van der Waals surface area contributed by atoms with Crippen LogP contribution in [-0.4, -0.2) is 25.9 Å². The topological polar surface area (TPSA) is 21.3 Å². The van der Waals surface area contributed by atoms with E-state index in [-0.39, 0.29) is 6.61 Å². The molecule has 0 aliphatic heterocycles. The van der Waals surface area contributed by atoms with E-state index in [1.54, 1.807) is 0 Å². The van der Waals surface area contributed by atoms with Gasteiger partial charge < -0.3 is 10.1 Å². The number of nitrogens with one attached hydrogen (secondary N) is 1. The highest BCUT2D eigenvalue weighted by atomic mass is 19.4. The molecule has 1 rings (SSSR count). The lowest BCUT2D eigenvalue weighted by molar-refractivity contribution is -0.173. The van der Waals surface area contributed by atoms with Gasteiger partial charge in [0.25, 0.3) is 0 Å². The van der Waals surface area contributed by atoms with Crippen LogP contribution in [0.5, 0.6) is 0 Å². The van der Waals surface area contributed by atoms with Gasteiger partial charge in [0.2, 0.25) is 0 Å². The highest BCUT2D eigenvalue weighted by Gasteiger charge is 2.27. The van der Waals surface area contributed by atoms with Gasteiger partial charge in [-0.3, -0.25) is 0 Å². The Morgan fingerprint density at radius 3 is 2.59 bits per heavy atom. The average Bonchev–Trinajstić information content (AvgIpc) is 2.24. The zero-order valence-corrected chi connectivity index (χ0v) is 9.68. The molecule has 0 aliphatic rings. The van der Waals surface area contributed by atoms with E-state index in [0.29, 0.717) is 13.1 Å². The van der Waals surface area contributed by atoms with Gasteiger partial charge >= 0.3 is 6.18 Å². The number of ether oxygens (including phenoxy) is 1. The summed E-state index contributed by atoms with van der Waals surface area (Å²) in [5.74, 6) is 0. The van der Waals surface area contributed by atoms with Gasteiger partial charge in [-0.2, -0.15) is 13.2 Å². The SMILES string of the molecule is Cc1ccccc1CNCCOCC(F)(F)F. The lowest BCUT2D eigenvalue weighted by Crippen LogP contribution is -2.23. The van der Waals surface area contributed by atoms with Crippen molar-refractivity contribution in [1.29, 1.82) is 0 Å². The quantitative estimate of drug-likeness (QED) is 0.780. The molecule has 0 radical (unpaired) electrons. The third kappa shape index (κ3) is 6.28. The molecule has 0 saturated heterocycles. The van der Waals surface area contributed by atoms with Gasteiger partial charge in [0, 0.05) is 13.1 Å². The summed E-state index contributed by atoms with van der Waals surface area (Å²) in [5.41, 5.74) is 2.31. The van der Waals surface area contributed by atoms with Gasteiger partial charge in [0.15, 0.2) is 0 Å². The van der Waals surface area contributed by atoms with Crippen LogP contribution >= 0.6 is 0 Å². The Morgan fingerprint density at radius 2 is 1.94 bits per heavy atom. The maximum Gasteiger partial charge on any atom is 0.411 e. The molecule has 0 amide bonds. The predicted molar refractivity (Wildman–Crippen MR) is 59.8 cm³/mol. The molecule has 0 bridgehead atoms. The molecule has 17 heavy (non-hydrogen) atoms. The monoisotopic (exact) mass is 247 g/mol. The number of aryl methyl sites for hydroxylation is 1. The van der Waals surface area contributed by atoms with E-state index < -0.39 is 12.8 Å². The van der Waals surface area contributed by atoms with E-state index in [2.05, 4.69) is 10.1 Å². The molecule has 1 aromatic carbocycles. The van der Waals surface area contributed by atoms with E-state index in [0.717, 1.165) is 11.1 Å². The normalized spacial score (nSPS) is 11.8. The largest absolute Gasteiger partial charge is 0.411 e. The fourth-order valence-corrected chi connectivity index (χ4v) is 1.36. The molecule has 2 nitrogen and oxygen atoms in total. The average molecular weight is 247 g/mol. The summed E-state index contributed by atoms with van der Waals surface area (Å²) in [6.45, 7) is 1.92. The summed E-state index contributed by atoms with van der Waals surface area (Å²) < 4.78 is 39.7. The molecule has 1 N–H and O–H groups in total. The Kier molecular flexibility index (Phi) is 5.44. The molecule has 0 aliphatic carbocycles. The van der Waals surface area contributed by atoms with Crippen molar-refractivity contribution in [3.63, 3.8) is 0 Å². The Morgan fingerprint density at radius 1 is 1.24 bits per heavy atom. The number of halogens is 3. The van der Waals surface area contributed by atoms with E-state index >= 15 is 0 Å². The fourth-order valence-electron chi connectivity index (χ4n) is 1.36. The first kappa shape index (κ1) is 14.0. The third-order valence-electron chi connectivity index (χ3n) is 2.27. The highest BCUT2D eigenvalue weighted by molar-refractivity contribution is 5.25. The molecule has 0 unspecified atom stereocenters. The van der Waals surface area contributed by atoms with Crippen molar-refractivity contribution < 1.29 is 17.9 Å². The standard InChI is InChI=1S/C12H16F3NO/c1-10-4-2-3-5-11(10)8-16-6-7-17-9-12(13,14)15/h2-5,16H,6-9H2,1H3. The Bertz CT molecular complexity index is 339. The molecular weight excluding hydrogens is 231 g/mol. The van der Waals surface area contributed by atoms with Crippen LogP contribution < -0.4 is 5.32 Å². The van der Waals surface area contributed by atoms with E-state index in [1.165, 1.54) is 0 Å². The predicted octanol–water partition coefficient (Wildman–Crippen LogP) is 2.66. The lowest BCUT2D eigenvalue weighted by Gasteiger charge is -2.09. The van der Waals surface area contributed by atoms with Crippen molar-refractivity contribution in [2.45, 2.75) is 19.6 Å². The van der Waals surface area contributed by atoms with Gasteiger partial charge in [-0.15, -0.1) is 0 Å². The van der Waals surface area contributed by atoms with Gasteiger partial charge in [0.05, 0.1) is 6.61 Å². The van der Waals surface area contributed by atoms with Crippen LogP contribution in [0.4, 0.5) is 13.2 Å². The molecular formula is C12H16F3NO. The summed E-state index contributed by atoms with van der Waals surface area (Å²) in [7, 11) is 0. The smallest absolute Gasteiger partial charge is 0.371 e. The first-order valence-electron chi connectivity index (χ1n) is 5.39. The maximum atomic E-state index is 11.7. The minimum Gasteiger partial charge on any atom is -0.371 e. The van der Waals surface area contributed by atoms with Crippen LogP contribution in [0.1, 0.15) is 11.1 Å². The first-order chi connectivity index (χ1) is 7.99. The third-order valence-corrected chi connectivity index (χ3v) is 2.27. The van der Waals surface area contributed by atoms with Gasteiger partial charge in [-0.05, 0) is 18.1 Å². The number of hydrogen-bond acceptors (Lipinski definition) is 2. The van der Waals surface area contributed by atoms with Crippen LogP contribution in [0.2, 0.25) is 0 Å². The van der Waals surface area contributed by atoms with Crippen LogP contribution in [-0.2, 0) is 11.3 Å². The van der Waals surface area contributed by atoms with Crippen LogP contribution in [0.15, 0.2) is 24.3 Å². The molecule has 0 heterocycles. The minimum absolute atomic E-state index is 0.0609. The molecule has 0 spiro atoms. The zero-order chi connectivity index (χ0) is 12.7. The maximum absolute atomic E-state index is 11.7. The molecule has 5 heteroatoms. The molecule has 1 aromatic rings. The molecule has 0 saturated carbocycles. The second-order valence-electron chi connectivity index (χ2n) is 3.77. The van der Waals surface area contributed by atoms with Crippen molar-refractivity contribution in [1.82, 2.24) is 5.32 Å². The Hall–Kier alpha value is -1.07.